The zero-order valence-electron chi connectivity index (χ0n) is 10.4. The molecule has 4 heteroatoms. The predicted octanol–water partition coefficient (Wildman–Crippen LogP) is 4.31. The van der Waals surface area contributed by atoms with Gasteiger partial charge in [0.2, 0.25) is 0 Å². The molecule has 0 bridgehead atoms. The third kappa shape index (κ3) is 3.28. The Balaban J connectivity index is 2.23. The van der Waals surface area contributed by atoms with E-state index in [1.165, 1.54) is 0 Å². The summed E-state index contributed by atoms with van der Waals surface area (Å²) in [5.74, 6) is 0.0379. The summed E-state index contributed by atoms with van der Waals surface area (Å²) in [5, 5.41) is 0.947. The molecule has 0 radical (unpaired) electrons. The highest BCUT2D eigenvalue weighted by atomic mass is 35.5. The highest BCUT2D eigenvalue weighted by molar-refractivity contribution is 6.42. The lowest BCUT2D eigenvalue weighted by Crippen LogP contribution is -2.06. The fraction of sp³-hybridized carbons (Fsp3) is 0.133. The number of carbonyl (C=O) groups is 1. The van der Waals surface area contributed by atoms with E-state index in [0.717, 1.165) is 11.1 Å². The van der Waals surface area contributed by atoms with Crippen molar-refractivity contribution in [1.29, 1.82) is 0 Å². The van der Waals surface area contributed by atoms with E-state index in [0.29, 0.717) is 27.7 Å². The molecule has 0 saturated heterocycles. The third-order valence-corrected chi connectivity index (χ3v) is 3.64. The molecule has 0 aliphatic carbocycles. The molecule has 2 N–H and O–H groups in total. The van der Waals surface area contributed by atoms with Gasteiger partial charge in [-0.2, -0.15) is 0 Å². The predicted molar refractivity (Wildman–Crippen MR) is 80.1 cm³/mol. The number of aryl methyl sites for hydroxylation is 1. The van der Waals surface area contributed by atoms with Gasteiger partial charge >= 0.3 is 0 Å². The van der Waals surface area contributed by atoms with Crippen molar-refractivity contribution in [3.63, 3.8) is 0 Å². The highest BCUT2D eigenvalue weighted by Gasteiger charge is 2.11. The Morgan fingerprint density at radius 3 is 2.47 bits per heavy atom. The maximum absolute atomic E-state index is 12.2. The van der Waals surface area contributed by atoms with Crippen molar-refractivity contribution in [1.82, 2.24) is 0 Å². The van der Waals surface area contributed by atoms with E-state index in [1.807, 2.05) is 6.92 Å². The monoisotopic (exact) mass is 293 g/mol. The number of benzene rings is 2. The van der Waals surface area contributed by atoms with E-state index in [-0.39, 0.29) is 5.78 Å². The Bertz CT molecular complexity index is 638. The third-order valence-electron chi connectivity index (χ3n) is 2.90. The van der Waals surface area contributed by atoms with Crippen LogP contribution in [0.2, 0.25) is 10.0 Å². The van der Waals surface area contributed by atoms with Crippen molar-refractivity contribution in [2.45, 2.75) is 13.3 Å². The van der Waals surface area contributed by atoms with Crippen LogP contribution < -0.4 is 5.73 Å². The van der Waals surface area contributed by atoms with E-state index in [2.05, 4.69) is 0 Å². The summed E-state index contributed by atoms with van der Waals surface area (Å²) in [6.07, 6.45) is 0.293. The average Bonchev–Trinajstić information content (AvgIpc) is 2.33. The quantitative estimate of drug-likeness (QED) is 0.677. The van der Waals surface area contributed by atoms with Crippen LogP contribution in [0.3, 0.4) is 0 Å². The van der Waals surface area contributed by atoms with Gasteiger partial charge in [-0.05, 0) is 48.4 Å². The molecule has 0 spiro atoms. The molecule has 2 rings (SSSR count). The fourth-order valence-corrected chi connectivity index (χ4v) is 2.25. The second kappa shape index (κ2) is 5.64. The van der Waals surface area contributed by atoms with E-state index >= 15 is 0 Å². The summed E-state index contributed by atoms with van der Waals surface area (Å²) < 4.78 is 0. The number of nitrogens with two attached hydrogens (primary N) is 1. The molecule has 0 aromatic heterocycles. The van der Waals surface area contributed by atoms with Crippen LogP contribution in [-0.4, -0.2) is 5.78 Å². The van der Waals surface area contributed by atoms with Crippen molar-refractivity contribution in [2.24, 2.45) is 0 Å². The molecule has 0 fully saturated rings. The summed E-state index contributed by atoms with van der Waals surface area (Å²) in [7, 11) is 0. The normalized spacial score (nSPS) is 10.5. The number of nitrogen functional groups attached to an aromatic ring is 1. The van der Waals surface area contributed by atoms with Crippen molar-refractivity contribution in [3.05, 3.63) is 63.1 Å². The van der Waals surface area contributed by atoms with E-state index < -0.39 is 0 Å². The van der Waals surface area contributed by atoms with Gasteiger partial charge in [0.25, 0.3) is 0 Å². The largest absolute Gasteiger partial charge is 0.399 e. The molecule has 19 heavy (non-hydrogen) atoms. The lowest BCUT2D eigenvalue weighted by atomic mass is 9.99. The SMILES string of the molecule is Cc1cc(N)ccc1C(=O)Cc1ccc(Cl)c(Cl)c1. The second-order valence-corrected chi connectivity index (χ2v) is 5.24. The molecule has 0 heterocycles. The average molecular weight is 294 g/mol. The number of Topliss-reactive ketones (excluding diaryl/α,β-unsaturated/α-hetero) is 1. The Morgan fingerprint density at radius 1 is 1.11 bits per heavy atom. The first-order chi connectivity index (χ1) is 8.97. The number of halogens is 2. The molecule has 2 nitrogen and oxygen atoms in total. The first-order valence-electron chi connectivity index (χ1n) is 5.80. The van der Waals surface area contributed by atoms with Crippen molar-refractivity contribution in [3.8, 4) is 0 Å². The number of ketones is 1. The molecule has 0 aliphatic heterocycles. The van der Waals surface area contributed by atoms with Gasteiger partial charge in [0.15, 0.2) is 5.78 Å². The van der Waals surface area contributed by atoms with Crippen molar-refractivity contribution < 1.29 is 4.79 Å². The minimum atomic E-state index is 0.0379. The van der Waals surface area contributed by atoms with Gasteiger partial charge in [-0.3, -0.25) is 4.79 Å². The van der Waals surface area contributed by atoms with Crippen LogP contribution in [0.15, 0.2) is 36.4 Å². The molecule has 98 valence electrons. The number of rotatable bonds is 3. The number of anilines is 1. The Kier molecular flexibility index (Phi) is 4.13. The van der Waals surface area contributed by atoms with Gasteiger partial charge in [0, 0.05) is 17.7 Å². The Hall–Kier alpha value is -1.51. The standard InChI is InChI=1S/C15H13Cl2NO/c1-9-6-11(18)3-4-12(9)15(19)8-10-2-5-13(16)14(17)7-10/h2-7H,8,18H2,1H3. The second-order valence-electron chi connectivity index (χ2n) is 4.42. The van der Waals surface area contributed by atoms with Gasteiger partial charge in [-0.15, -0.1) is 0 Å². The molecule has 0 unspecified atom stereocenters. The van der Waals surface area contributed by atoms with E-state index in [1.54, 1.807) is 36.4 Å². The molecule has 0 saturated carbocycles. The van der Waals surface area contributed by atoms with Gasteiger partial charge in [0.1, 0.15) is 0 Å². The molecule has 2 aromatic rings. The maximum atomic E-state index is 12.2. The molecule has 0 atom stereocenters. The van der Waals surface area contributed by atoms with E-state index in [9.17, 15) is 4.79 Å². The van der Waals surface area contributed by atoms with Crippen LogP contribution in [0, 0.1) is 6.92 Å². The van der Waals surface area contributed by atoms with Crippen LogP contribution in [0.25, 0.3) is 0 Å². The molecular formula is C15H13Cl2NO. The smallest absolute Gasteiger partial charge is 0.167 e. The lowest BCUT2D eigenvalue weighted by molar-refractivity contribution is 0.0992. The van der Waals surface area contributed by atoms with Gasteiger partial charge < -0.3 is 5.73 Å². The van der Waals surface area contributed by atoms with Crippen molar-refractivity contribution >= 4 is 34.7 Å². The minimum absolute atomic E-state index is 0.0379. The van der Waals surface area contributed by atoms with Crippen LogP contribution >= 0.6 is 23.2 Å². The summed E-state index contributed by atoms with van der Waals surface area (Å²) in [4.78, 5) is 12.2. The van der Waals surface area contributed by atoms with Gasteiger partial charge in [-0.25, -0.2) is 0 Å². The van der Waals surface area contributed by atoms with E-state index in [4.69, 9.17) is 28.9 Å². The topological polar surface area (TPSA) is 43.1 Å². The van der Waals surface area contributed by atoms with Crippen molar-refractivity contribution in [2.75, 3.05) is 5.73 Å². The zero-order valence-corrected chi connectivity index (χ0v) is 11.9. The van der Waals surface area contributed by atoms with Gasteiger partial charge in [0.05, 0.1) is 10.0 Å². The summed E-state index contributed by atoms with van der Waals surface area (Å²) in [5.41, 5.74) is 8.73. The van der Waals surface area contributed by atoms with Crippen LogP contribution in [0.5, 0.6) is 0 Å². The summed E-state index contributed by atoms with van der Waals surface area (Å²) >= 11 is 11.8. The first-order valence-corrected chi connectivity index (χ1v) is 6.56. The van der Waals surface area contributed by atoms with Crippen LogP contribution in [0.4, 0.5) is 5.69 Å². The Morgan fingerprint density at radius 2 is 1.84 bits per heavy atom. The molecular weight excluding hydrogens is 281 g/mol. The number of hydrogen-bond donors (Lipinski definition) is 1. The number of hydrogen-bond acceptors (Lipinski definition) is 2. The highest BCUT2D eigenvalue weighted by Crippen LogP contribution is 2.23. The van der Waals surface area contributed by atoms with Crippen LogP contribution in [0.1, 0.15) is 21.5 Å². The summed E-state index contributed by atoms with van der Waals surface area (Å²) in [6.45, 7) is 1.87. The summed E-state index contributed by atoms with van der Waals surface area (Å²) in [6, 6.07) is 10.5. The fourth-order valence-electron chi connectivity index (χ4n) is 1.93. The maximum Gasteiger partial charge on any atom is 0.167 e. The Labute approximate surface area is 122 Å². The zero-order chi connectivity index (χ0) is 14.0. The van der Waals surface area contributed by atoms with Crippen LogP contribution in [-0.2, 0) is 6.42 Å². The minimum Gasteiger partial charge on any atom is -0.399 e. The number of carbonyl (C=O) groups excluding carboxylic acids is 1. The first kappa shape index (κ1) is 13.9. The lowest BCUT2D eigenvalue weighted by Gasteiger charge is -2.07. The molecule has 2 aromatic carbocycles. The molecule has 0 aliphatic rings. The molecule has 0 amide bonds. The van der Waals surface area contributed by atoms with Gasteiger partial charge in [-0.1, -0.05) is 29.3 Å².